The highest BCUT2D eigenvalue weighted by Gasteiger charge is 2.12. The summed E-state index contributed by atoms with van der Waals surface area (Å²) in [7, 11) is 0. The molecule has 1 aliphatic rings. The van der Waals surface area contributed by atoms with Crippen LogP contribution in [-0.4, -0.2) is 18.2 Å². The van der Waals surface area contributed by atoms with E-state index < -0.39 is 0 Å². The average molecular weight is 261 g/mol. The van der Waals surface area contributed by atoms with E-state index in [-0.39, 0.29) is 0 Å². The molecular formula is C17H27NO. The van der Waals surface area contributed by atoms with E-state index in [0.717, 1.165) is 18.9 Å². The zero-order valence-corrected chi connectivity index (χ0v) is 11.9. The van der Waals surface area contributed by atoms with E-state index in [9.17, 15) is 5.11 Å². The fourth-order valence-electron chi connectivity index (χ4n) is 2.99. The summed E-state index contributed by atoms with van der Waals surface area (Å²) in [5.41, 5.74) is 1.31. The Balaban J connectivity index is 1.49. The van der Waals surface area contributed by atoms with Gasteiger partial charge in [-0.05, 0) is 56.0 Å². The Morgan fingerprint density at radius 2 is 1.74 bits per heavy atom. The number of rotatable bonds is 7. The molecule has 106 valence electrons. The topological polar surface area (TPSA) is 32.3 Å². The second-order valence-electron chi connectivity index (χ2n) is 5.81. The minimum Gasteiger partial charge on any atom is -0.508 e. The van der Waals surface area contributed by atoms with Gasteiger partial charge in [0.2, 0.25) is 0 Å². The van der Waals surface area contributed by atoms with Crippen molar-refractivity contribution in [3.05, 3.63) is 29.8 Å². The first-order valence-corrected chi connectivity index (χ1v) is 7.83. The molecule has 0 amide bonds. The molecule has 0 spiro atoms. The summed E-state index contributed by atoms with van der Waals surface area (Å²) < 4.78 is 0. The third-order valence-electron chi connectivity index (χ3n) is 4.21. The largest absolute Gasteiger partial charge is 0.508 e. The number of aryl methyl sites for hydroxylation is 1. The summed E-state index contributed by atoms with van der Waals surface area (Å²) in [4.78, 5) is 0. The number of aromatic hydroxyl groups is 1. The first-order chi connectivity index (χ1) is 9.34. The summed E-state index contributed by atoms with van der Waals surface area (Å²) >= 11 is 0. The molecule has 2 nitrogen and oxygen atoms in total. The molecule has 2 heteroatoms. The zero-order chi connectivity index (χ0) is 13.3. The van der Waals surface area contributed by atoms with Gasteiger partial charge in [-0.2, -0.15) is 0 Å². The summed E-state index contributed by atoms with van der Waals surface area (Å²) in [6.45, 7) is 2.29. The van der Waals surface area contributed by atoms with Crippen LogP contribution in [0.1, 0.15) is 50.5 Å². The minimum atomic E-state index is 0.356. The van der Waals surface area contributed by atoms with Crippen LogP contribution < -0.4 is 5.32 Å². The maximum Gasteiger partial charge on any atom is 0.115 e. The van der Waals surface area contributed by atoms with Gasteiger partial charge in [0.25, 0.3) is 0 Å². The van der Waals surface area contributed by atoms with Crippen molar-refractivity contribution in [3.63, 3.8) is 0 Å². The molecule has 0 heterocycles. The monoisotopic (exact) mass is 261 g/mol. The van der Waals surface area contributed by atoms with Crippen molar-refractivity contribution < 1.29 is 5.11 Å². The Bertz CT molecular complexity index is 341. The molecule has 1 aromatic rings. The number of phenols is 1. The van der Waals surface area contributed by atoms with Gasteiger partial charge >= 0.3 is 0 Å². The van der Waals surface area contributed by atoms with Gasteiger partial charge in [0.15, 0.2) is 0 Å². The summed E-state index contributed by atoms with van der Waals surface area (Å²) in [5, 5.41) is 12.8. The van der Waals surface area contributed by atoms with Gasteiger partial charge in [-0.15, -0.1) is 0 Å². The predicted molar refractivity (Wildman–Crippen MR) is 80.5 cm³/mol. The van der Waals surface area contributed by atoms with Crippen LogP contribution in [0.25, 0.3) is 0 Å². The molecule has 1 aliphatic carbocycles. The number of nitrogens with one attached hydrogen (secondary N) is 1. The van der Waals surface area contributed by atoms with Gasteiger partial charge < -0.3 is 10.4 Å². The molecule has 0 aliphatic heterocycles. The molecular weight excluding hydrogens is 234 g/mol. The molecule has 0 bridgehead atoms. The molecule has 0 saturated heterocycles. The Kier molecular flexibility index (Phi) is 6.22. The molecule has 1 aromatic carbocycles. The maximum absolute atomic E-state index is 9.21. The van der Waals surface area contributed by atoms with Gasteiger partial charge in [0, 0.05) is 0 Å². The van der Waals surface area contributed by atoms with E-state index in [1.54, 1.807) is 12.1 Å². The number of hydrogen-bond donors (Lipinski definition) is 2. The lowest BCUT2D eigenvalue weighted by atomic mass is 9.87. The van der Waals surface area contributed by atoms with Gasteiger partial charge in [-0.25, -0.2) is 0 Å². The van der Waals surface area contributed by atoms with Crippen LogP contribution in [0.2, 0.25) is 0 Å². The number of benzene rings is 1. The van der Waals surface area contributed by atoms with Crippen LogP contribution in [0, 0.1) is 5.92 Å². The third-order valence-corrected chi connectivity index (χ3v) is 4.21. The summed E-state index contributed by atoms with van der Waals surface area (Å²) in [6.07, 6.45) is 10.9. The van der Waals surface area contributed by atoms with Crippen LogP contribution in [0.5, 0.6) is 5.75 Å². The Labute approximate surface area is 117 Å². The van der Waals surface area contributed by atoms with E-state index in [4.69, 9.17) is 0 Å². The highest BCUT2D eigenvalue weighted by molar-refractivity contribution is 5.25. The van der Waals surface area contributed by atoms with E-state index in [1.165, 1.54) is 57.1 Å². The molecule has 0 aromatic heterocycles. The second kappa shape index (κ2) is 8.21. The summed E-state index contributed by atoms with van der Waals surface area (Å²) in [6, 6.07) is 7.56. The van der Waals surface area contributed by atoms with Crippen LogP contribution >= 0.6 is 0 Å². The molecule has 1 saturated carbocycles. The van der Waals surface area contributed by atoms with E-state index in [0.29, 0.717) is 5.75 Å². The Morgan fingerprint density at radius 1 is 1.00 bits per heavy atom. The second-order valence-corrected chi connectivity index (χ2v) is 5.81. The zero-order valence-electron chi connectivity index (χ0n) is 11.9. The van der Waals surface area contributed by atoms with Crippen molar-refractivity contribution in [1.29, 1.82) is 0 Å². The van der Waals surface area contributed by atoms with Gasteiger partial charge in [0.1, 0.15) is 5.75 Å². The first kappa shape index (κ1) is 14.4. The van der Waals surface area contributed by atoms with Crippen molar-refractivity contribution in [2.75, 3.05) is 13.1 Å². The van der Waals surface area contributed by atoms with Crippen molar-refractivity contribution in [3.8, 4) is 5.75 Å². The van der Waals surface area contributed by atoms with E-state index >= 15 is 0 Å². The highest BCUT2D eigenvalue weighted by atomic mass is 16.3. The fraction of sp³-hybridized carbons (Fsp3) is 0.647. The minimum absolute atomic E-state index is 0.356. The third kappa shape index (κ3) is 5.65. The first-order valence-electron chi connectivity index (χ1n) is 7.83. The molecule has 1 fully saturated rings. The van der Waals surface area contributed by atoms with Crippen molar-refractivity contribution in [2.24, 2.45) is 5.92 Å². The summed E-state index contributed by atoms with van der Waals surface area (Å²) in [5.74, 6) is 1.34. The smallest absolute Gasteiger partial charge is 0.115 e. The Hall–Kier alpha value is -1.02. The average Bonchev–Trinajstić information content (AvgIpc) is 2.46. The molecule has 2 rings (SSSR count). The fourth-order valence-corrected chi connectivity index (χ4v) is 2.99. The molecule has 0 radical (unpaired) electrons. The highest BCUT2D eigenvalue weighted by Crippen LogP contribution is 2.25. The molecule has 0 unspecified atom stereocenters. The molecule has 19 heavy (non-hydrogen) atoms. The van der Waals surface area contributed by atoms with Crippen molar-refractivity contribution in [1.82, 2.24) is 5.32 Å². The SMILES string of the molecule is Oc1ccc(CCCNCCC2CCCCC2)cc1. The standard InChI is InChI=1S/C17H27NO/c19-17-10-8-16(9-11-17)7-4-13-18-14-12-15-5-2-1-3-6-15/h8-11,15,18-19H,1-7,12-14H2. The Morgan fingerprint density at radius 3 is 2.47 bits per heavy atom. The maximum atomic E-state index is 9.21. The van der Waals surface area contributed by atoms with Crippen LogP contribution in [0.15, 0.2) is 24.3 Å². The lowest BCUT2D eigenvalue weighted by Gasteiger charge is -2.21. The van der Waals surface area contributed by atoms with Gasteiger partial charge in [0.05, 0.1) is 0 Å². The van der Waals surface area contributed by atoms with Gasteiger partial charge in [-0.3, -0.25) is 0 Å². The normalized spacial score (nSPS) is 16.6. The van der Waals surface area contributed by atoms with Crippen LogP contribution in [0.4, 0.5) is 0 Å². The number of hydrogen-bond acceptors (Lipinski definition) is 2. The molecule has 2 N–H and O–H groups in total. The van der Waals surface area contributed by atoms with E-state index in [2.05, 4.69) is 5.32 Å². The quantitative estimate of drug-likeness (QED) is 0.730. The predicted octanol–water partition coefficient (Wildman–Crippen LogP) is 3.88. The van der Waals surface area contributed by atoms with Crippen LogP contribution in [0.3, 0.4) is 0 Å². The van der Waals surface area contributed by atoms with E-state index in [1.807, 2.05) is 12.1 Å². The van der Waals surface area contributed by atoms with Crippen LogP contribution in [-0.2, 0) is 6.42 Å². The van der Waals surface area contributed by atoms with Crippen molar-refractivity contribution >= 4 is 0 Å². The lowest BCUT2D eigenvalue weighted by molar-refractivity contribution is 0.334. The lowest BCUT2D eigenvalue weighted by Crippen LogP contribution is -2.20. The van der Waals surface area contributed by atoms with Crippen molar-refractivity contribution in [2.45, 2.75) is 51.4 Å². The number of phenolic OH excluding ortho intramolecular Hbond substituents is 1. The van der Waals surface area contributed by atoms with Gasteiger partial charge in [-0.1, -0.05) is 44.2 Å². The molecule has 0 atom stereocenters.